The molecule has 122 valence electrons. The van der Waals surface area contributed by atoms with Crippen LogP contribution in [0.25, 0.3) is 0 Å². The number of hydrogen-bond donors (Lipinski definition) is 3. The first-order valence-electron chi connectivity index (χ1n) is 7.89. The van der Waals surface area contributed by atoms with Gasteiger partial charge < -0.3 is 15.0 Å². The molecule has 5 nitrogen and oxygen atoms in total. The Morgan fingerprint density at radius 3 is 2.96 bits per heavy atom. The monoisotopic (exact) mass is 318 g/mol. The summed E-state index contributed by atoms with van der Waals surface area (Å²) in [5, 5.41) is 9.50. The number of aromatic amines is 1. The summed E-state index contributed by atoms with van der Waals surface area (Å²) in [6, 6.07) is 6.51. The van der Waals surface area contributed by atoms with Crippen molar-refractivity contribution in [1.82, 2.24) is 9.97 Å². The average molecular weight is 318 g/mol. The molecule has 1 aromatic carbocycles. The zero-order chi connectivity index (χ0) is 16.4. The maximum atomic E-state index is 13.7. The van der Waals surface area contributed by atoms with Gasteiger partial charge in [0, 0.05) is 12.8 Å². The molecule has 2 aromatic rings. The molecule has 2 atom stereocenters. The van der Waals surface area contributed by atoms with E-state index in [1.54, 1.807) is 25.1 Å². The topological polar surface area (TPSA) is 70.4 Å². The molecule has 2 heterocycles. The number of aliphatic hydroxyl groups excluding tert-OH is 1. The smallest absolute Gasteiger partial charge is 0.260 e. The van der Waals surface area contributed by atoms with Crippen molar-refractivity contribution in [2.24, 2.45) is 0 Å². The van der Waals surface area contributed by atoms with Gasteiger partial charge in [0.15, 0.2) is 0 Å². The predicted molar refractivity (Wildman–Crippen MR) is 83.8 cm³/mol. The second kappa shape index (κ2) is 6.60. The second-order valence-corrected chi connectivity index (χ2v) is 6.19. The molecule has 1 aliphatic heterocycles. The molecule has 1 unspecified atom stereocenters. The molecule has 0 amide bonds. The Morgan fingerprint density at radius 1 is 1.43 bits per heavy atom. The lowest BCUT2D eigenvalue weighted by Crippen LogP contribution is -3.13. The van der Waals surface area contributed by atoms with E-state index < -0.39 is 0 Å². The number of fused-ring (bicyclic) bond motifs is 1. The minimum absolute atomic E-state index is 0.149. The van der Waals surface area contributed by atoms with Crippen LogP contribution in [0.3, 0.4) is 0 Å². The fraction of sp³-hybridized carbons (Fsp3) is 0.412. The number of nitrogens with zero attached hydrogens (tertiary/aromatic N) is 1. The van der Waals surface area contributed by atoms with Crippen LogP contribution < -0.4 is 10.5 Å². The Kier molecular flexibility index (Phi) is 4.54. The van der Waals surface area contributed by atoms with E-state index in [0.717, 1.165) is 12.2 Å². The van der Waals surface area contributed by atoms with Crippen molar-refractivity contribution < 1.29 is 14.4 Å². The number of quaternary nitrogens is 1. The highest BCUT2D eigenvalue weighted by atomic mass is 19.1. The van der Waals surface area contributed by atoms with Gasteiger partial charge in [0.1, 0.15) is 30.8 Å². The maximum Gasteiger partial charge on any atom is 0.260 e. The Labute approximate surface area is 133 Å². The van der Waals surface area contributed by atoms with Crippen LogP contribution in [0.2, 0.25) is 0 Å². The highest BCUT2D eigenvalue weighted by Crippen LogP contribution is 2.11. The van der Waals surface area contributed by atoms with Gasteiger partial charge in [-0.25, -0.2) is 9.37 Å². The van der Waals surface area contributed by atoms with E-state index in [1.165, 1.54) is 11.0 Å². The molecule has 1 aromatic heterocycles. The van der Waals surface area contributed by atoms with Gasteiger partial charge in [-0.05, 0) is 18.6 Å². The van der Waals surface area contributed by atoms with Crippen molar-refractivity contribution in [2.75, 3.05) is 13.1 Å². The number of benzene rings is 1. The molecule has 1 aliphatic rings. The van der Waals surface area contributed by atoms with Crippen LogP contribution >= 0.6 is 0 Å². The lowest BCUT2D eigenvalue weighted by atomic mass is 10.1. The summed E-state index contributed by atoms with van der Waals surface area (Å²) in [4.78, 5) is 20.8. The zero-order valence-corrected chi connectivity index (χ0v) is 13.1. The normalized spacial score (nSPS) is 18.5. The molecule has 3 N–H and O–H groups in total. The van der Waals surface area contributed by atoms with Crippen LogP contribution in [0.5, 0.6) is 0 Å². The number of H-pyrrole nitrogens is 1. The predicted octanol–water partition coefficient (Wildman–Crippen LogP) is -0.178. The van der Waals surface area contributed by atoms with Crippen LogP contribution in [-0.4, -0.2) is 34.3 Å². The lowest BCUT2D eigenvalue weighted by molar-refractivity contribution is -0.918. The Hall–Kier alpha value is -2.05. The van der Waals surface area contributed by atoms with E-state index in [-0.39, 0.29) is 23.9 Å². The van der Waals surface area contributed by atoms with Gasteiger partial charge in [-0.3, -0.25) is 4.79 Å². The van der Waals surface area contributed by atoms with Gasteiger partial charge in [-0.15, -0.1) is 0 Å². The first-order chi connectivity index (χ1) is 11.0. The van der Waals surface area contributed by atoms with Crippen LogP contribution in [0, 0.1) is 5.82 Å². The van der Waals surface area contributed by atoms with Crippen LogP contribution in [0.1, 0.15) is 29.6 Å². The molecular weight excluding hydrogens is 297 g/mol. The van der Waals surface area contributed by atoms with Gasteiger partial charge in [-0.2, -0.15) is 0 Å². The minimum atomic E-state index is -0.390. The van der Waals surface area contributed by atoms with E-state index >= 15 is 0 Å². The largest absolute Gasteiger partial charge is 0.388 e. The molecule has 0 bridgehead atoms. The molecule has 0 saturated heterocycles. The zero-order valence-electron chi connectivity index (χ0n) is 13.1. The first-order valence-corrected chi connectivity index (χ1v) is 7.89. The summed E-state index contributed by atoms with van der Waals surface area (Å²) in [5.41, 5.74) is 1.86. The van der Waals surface area contributed by atoms with Crippen LogP contribution in [0.15, 0.2) is 29.1 Å². The van der Waals surface area contributed by atoms with E-state index in [4.69, 9.17) is 0 Å². The van der Waals surface area contributed by atoms with Gasteiger partial charge in [0.2, 0.25) is 0 Å². The van der Waals surface area contributed by atoms with Gasteiger partial charge >= 0.3 is 0 Å². The summed E-state index contributed by atoms with van der Waals surface area (Å²) in [6.45, 7) is 3.79. The quantitative estimate of drug-likeness (QED) is 0.732. The van der Waals surface area contributed by atoms with E-state index in [9.17, 15) is 14.3 Å². The third-order valence-corrected chi connectivity index (χ3v) is 4.19. The van der Waals surface area contributed by atoms with Crippen molar-refractivity contribution >= 4 is 0 Å². The molecule has 3 rings (SSSR count). The Balaban J connectivity index is 1.83. The Bertz CT molecular complexity index is 758. The van der Waals surface area contributed by atoms with Crippen molar-refractivity contribution in [3.05, 3.63) is 63.1 Å². The molecule has 23 heavy (non-hydrogen) atoms. The molecule has 6 heteroatoms. The third-order valence-electron chi connectivity index (χ3n) is 4.19. The number of nitrogens with one attached hydrogen (secondary N) is 2. The van der Waals surface area contributed by atoms with Crippen molar-refractivity contribution in [1.29, 1.82) is 0 Å². The Morgan fingerprint density at radius 2 is 2.22 bits per heavy atom. The molecule has 0 spiro atoms. The average Bonchev–Trinajstić information content (AvgIpc) is 2.50. The van der Waals surface area contributed by atoms with Crippen molar-refractivity contribution in [3.63, 3.8) is 0 Å². The van der Waals surface area contributed by atoms with Gasteiger partial charge in [0.25, 0.3) is 5.56 Å². The fourth-order valence-electron chi connectivity index (χ4n) is 3.12. The minimum Gasteiger partial charge on any atom is -0.388 e. The van der Waals surface area contributed by atoms with Gasteiger partial charge in [0.05, 0.1) is 17.8 Å². The standard InChI is InChI=1S/C17H20FN3O2/c1-11(22)9-21-7-6-15-13(10-21)17(23)20-16(19-15)8-12-4-2-3-5-14(12)18/h2-5,11,22H,6-10H2,1H3,(H,19,20,23)/p+1/t11-/m1/s1. The first kappa shape index (κ1) is 15.8. The highest BCUT2D eigenvalue weighted by molar-refractivity contribution is 5.24. The number of aromatic nitrogens is 2. The molecule has 0 saturated carbocycles. The van der Waals surface area contributed by atoms with Crippen LogP contribution in [-0.2, 0) is 19.4 Å². The van der Waals surface area contributed by atoms with E-state index in [0.29, 0.717) is 36.5 Å². The SMILES string of the molecule is C[C@@H](O)C[NH+]1CCc2nc(Cc3ccccc3F)[nH]c(=O)c2C1. The fourth-order valence-corrected chi connectivity index (χ4v) is 3.12. The number of aliphatic hydroxyl groups is 1. The van der Waals surface area contributed by atoms with Crippen molar-refractivity contribution in [2.45, 2.75) is 32.4 Å². The maximum absolute atomic E-state index is 13.7. The molecule has 0 fully saturated rings. The molecule has 0 radical (unpaired) electrons. The highest BCUT2D eigenvalue weighted by Gasteiger charge is 2.25. The van der Waals surface area contributed by atoms with Crippen molar-refractivity contribution in [3.8, 4) is 0 Å². The molecule has 0 aliphatic carbocycles. The van der Waals surface area contributed by atoms with Gasteiger partial charge in [-0.1, -0.05) is 18.2 Å². The van der Waals surface area contributed by atoms with E-state index in [2.05, 4.69) is 9.97 Å². The van der Waals surface area contributed by atoms with E-state index in [1.807, 2.05) is 0 Å². The summed E-state index contributed by atoms with van der Waals surface area (Å²) in [5.74, 6) is 0.207. The molecular formula is C17H21FN3O2+. The summed E-state index contributed by atoms with van der Waals surface area (Å²) >= 11 is 0. The summed E-state index contributed by atoms with van der Waals surface area (Å²) in [6.07, 6.45) is 0.587. The number of hydrogen-bond acceptors (Lipinski definition) is 3. The number of rotatable bonds is 4. The summed E-state index contributed by atoms with van der Waals surface area (Å²) < 4.78 is 13.7. The third kappa shape index (κ3) is 3.65. The number of halogens is 1. The summed E-state index contributed by atoms with van der Waals surface area (Å²) in [7, 11) is 0. The second-order valence-electron chi connectivity index (χ2n) is 6.19. The van der Waals surface area contributed by atoms with Crippen LogP contribution in [0.4, 0.5) is 4.39 Å². The lowest BCUT2D eigenvalue weighted by Gasteiger charge is -2.25.